The van der Waals surface area contributed by atoms with Gasteiger partial charge in [0.25, 0.3) is 5.95 Å². The molecule has 1 aromatic carbocycles. The third-order valence-electron chi connectivity index (χ3n) is 2.40. The van der Waals surface area contributed by atoms with Crippen LogP contribution in [0.5, 0.6) is 0 Å². The predicted octanol–water partition coefficient (Wildman–Crippen LogP) is 3.16. The summed E-state index contributed by atoms with van der Waals surface area (Å²) in [5.41, 5.74) is 0.663. The Balaban J connectivity index is 1.93. The fourth-order valence-electron chi connectivity index (χ4n) is 1.51. The second-order valence-electron chi connectivity index (χ2n) is 3.82. The number of rotatable bonds is 3. The smallest absolute Gasteiger partial charge is 0.258 e. The first-order valence-corrected chi connectivity index (χ1v) is 6.74. The van der Waals surface area contributed by atoms with Crippen LogP contribution in [0.25, 0.3) is 5.95 Å². The Hall–Kier alpha value is -1.96. The molecule has 0 aliphatic carbocycles. The number of nitrogens with one attached hydrogen (secondary N) is 1. The maximum Gasteiger partial charge on any atom is 0.258 e. The molecule has 7 nitrogen and oxygen atoms in total. The number of hydrogen-bond donors (Lipinski definition) is 1. The minimum atomic E-state index is 0.0260. The average Bonchev–Trinajstić information content (AvgIpc) is 2.96. The zero-order valence-electron chi connectivity index (χ0n) is 10.2. The molecule has 1 N–H and O–H groups in total. The summed E-state index contributed by atoms with van der Waals surface area (Å²) in [6.45, 7) is 0. The third kappa shape index (κ3) is 3.21. The van der Waals surface area contributed by atoms with Gasteiger partial charge < -0.3 is 5.32 Å². The number of benzene rings is 1. The van der Waals surface area contributed by atoms with Crippen molar-refractivity contribution < 1.29 is 0 Å². The maximum atomic E-state index is 5.95. The van der Waals surface area contributed by atoms with E-state index in [1.165, 1.54) is 17.3 Å². The highest BCUT2D eigenvalue weighted by atomic mass is 35.5. The normalized spacial score (nSPS) is 10.6. The molecule has 0 amide bonds. The lowest BCUT2D eigenvalue weighted by Gasteiger charge is -2.07. The van der Waals surface area contributed by atoms with Crippen LogP contribution in [-0.4, -0.2) is 29.7 Å². The summed E-state index contributed by atoms with van der Waals surface area (Å²) in [5, 5.41) is 7.79. The Morgan fingerprint density at radius 2 is 1.86 bits per heavy atom. The van der Waals surface area contributed by atoms with E-state index >= 15 is 0 Å². The largest absolute Gasteiger partial charge is 0.324 e. The van der Waals surface area contributed by atoms with E-state index < -0.39 is 0 Å². The topological polar surface area (TPSA) is 81.4 Å². The van der Waals surface area contributed by atoms with E-state index in [1.807, 2.05) is 0 Å². The monoisotopic (exact) mass is 341 g/mol. The molecule has 3 rings (SSSR count). The van der Waals surface area contributed by atoms with Crippen molar-refractivity contribution in [2.24, 2.45) is 0 Å². The lowest BCUT2D eigenvalue weighted by Crippen LogP contribution is -2.07. The second-order valence-corrected chi connectivity index (χ2v) is 4.97. The van der Waals surface area contributed by atoms with E-state index in [0.717, 1.165) is 0 Å². The van der Waals surface area contributed by atoms with Crippen LogP contribution in [0.2, 0.25) is 15.3 Å². The molecule has 0 fully saturated rings. The summed E-state index contributed by atoms with van der Waals surface area (Å²) in [7, 11) is 0. The Morgan fingerprint density at radius 3 is 2.57 bits per heavy atom. The highest BCUT2D eigenvalue weighted by Gasteiger charge is 2.08. The Labute approximate surface area is 133 Å². The molecule has 2 heterocycles. The number of halogens is 3. The van der Waals surface area contributed by atoms with E-state index in [4.69, 9.17) is 34.8 Å². The molecule has 0 atom stereocenters. The van der Waals surface area contributed by atoms with Crippen molar-refractivity contribution in [2.75, 3.05) is 5.32 Å². The minimum Gasteiger partial charge on any atom is -0.324 e. The molecular weight excluding hydrogens is 337 g/mol. The molecule has 21 heavy (non-hydrogen) atoms. The fraction of sp³-hybridized carbons (Fsp3) is 0. The highest BCUT2D eigenvalue weighted by Crippen LogP contribution is 2.26. The van der Waals surface area contributed by atoms with E-state index in [2.05, 4.69) is 30.4 Å². The first kappa shape index (κ1) is 14.0. The van der Waals surface area contributed by atoms with Crippen molar-refractivity contribution in [3.63, 3.8) is 0 Å². The molecule has 0 spiro atoms. The van der Waals surface area contributed by atoms with Crippen molar-refractivity contribution in [1.29, 1.82) is 0 Å². The SMILES string of the molecule is Clc1nc(Nc2ccc(Cl)c(Cl)c2)nc(-n2cncn2)n1. The van der Waals surface area contributed by atoms with E-state index in [9.17, 15) is 0 Å². The summed E-state index contributed by atoms with van der Waals surface area (Å²) in [5.74, 6) is 0.494. The highest BCUT2D eigenvalue weighted by molar-refractivity contribution is 6.42. The maximum absolute atomic E-state index is 5.95. The van der Waals surface area contributed by atoms with Crippen molar-refractivity contribution in [2.45, 2.75) is 0 Å². The molecule has 0 saturated heterocycles. The number of anilines is 2. The van der Waals surface area contributed by atoms with Crippen molar-refractivity contribution in [1.82, 2.24) is 29.7 Å². The zero-order valence-corrected chi connectivity index (χ0v) is 12.5. The summed E-state index contributed by atoms with van der Waals surface area (Å²) in [6, 6.07) is 5.05. The van der Waals surface area contributed by atoms with Gasteiger partial charge in [-0.05, 0) is 29.8 Å². The molecule has 0 bridgehead atoms. The number of hydrogen-bond acceptors (Lipinski definition) is 6. The Kier molecular flexibility index (Phi) is 3.87. The Morgan fingerprint density at radius 1 is 1.00 bits per heavy atom. The van der Waals surface area contributed by atoms with Crippen LogP contribution in [0, 0.1) is 0 Å². The zero-order chi connectivity index (χ0) is 14.8. The first-order valence-electron chi connectivity index (χ1n) is 5.60. The molecular formula is C11H6Cl3N7. The second kappa shape index (κ2) is 5.80. The number of nitrogens with zero attached hydrogens (tertiary/aromatic N) is 6. The van der Waals surface area contributed by atoms with E-state index in [-0.39, 0.29) is 17.2 Å². The van der Waals surface area contributed by atoms with Crippen LogP contribution < -0.4 is 5.32 Å². The lowest BCUT2D eigenvalue weighted by atomic mass is 10.3. The van der Waals surface area contributed by atoms with Gasteiger partial charge in [0.05, 0.1) is 10.0 Å². The molecule has 3 aromatic rings. The summed E-state index contributed by atoms with van der Waals surface area (Å²) < 4.78 is 1.37. The van der Waals surface area contributed by atoms with Gasteiger partial charge in [0.2, 0.25) is 11.2 Å². The van der Waals surface area contributed by atoms with Gasteiger partial charge in [-0.2, -0.15) is 24.7 Å². The summed E-state index contributed by atoms with van der Waals surface area (Å²) in [6.07, 6.45) is 2.82. The fourth-order valence-corrected chi connectivity index (χ4v) is 1.97. The summed E-state index contributed by atoms with van der Waals surface area (Å²) in [4.78, 5) is 16.0. The van der Waals surface area contributed by atoms with Crippen LogP contribution in [0.4, 0.5) is 11.6 Å². The van der Waals surface area contributed by atoms with Gasteiger partial charge in [0.15, 0.2) is 0 Å². The predicted molar refractivity (Wildman–Crippen MR) is 79.5 cm³/mol. The molecule has 0 aliphatic rings. The van der Waals surface area contributed by atoms with Crippen LogP contribution in [0.1, 0.15) is 0 Å². The minimum absolute atomic E-state index is 0.0260. The van der Waals surface area contributed by atoms with Gasteiger partial charge >= 0.3 is 0 Å². The van der Waals surface area contributed by atoms with Crippen molar-refractivity contribution in [3.8, 4) is 5.95 Å². The summed E-state index contributed by atoms with van der Waals surface area (Å²) >= 11 is 17.7. The van der Waals surface area contributed by atoms with Crippen molar-refractivity contribution in [3.05, 3.63) is 46.2 Å². The van der Waals surface area contributed by atoms with E-state index in [0.29, 0.717) is 15.7 Å². The first-order chi connectivity index (χ1) is 10.1. The molecule has 0 saturated carbocycles. The van der Waals surface area contributed by atoms with Gasteiger partial charge in [-0.1, -0.05) is 23.2 Å². The van der Waals surface area contributed by atoms with Crippen LogP contribution in [-0.2, 0) is 0 Å². The van der Waals surface area contributed by atoms with E-state index in [1.54, 1.807) is 18.2 Å². The third-order valence-corrected chi connectivity index (χ3v) is 3.30. The van der Waals surface area contributed by atoms with Gasteiger partial charge in [-0.3, -0.25) is 0 Å². The van der Waals surface area contributed by atoms with Crippen LogP contribution >= 0.6 is 34.8 Å². The Bertz CT molecular complexity index is 775. The molecule has 10 heteroatoms. The van der Waals surface area contributed by atoms with Gasteiger partial charge in [0, 0.05) is 5.69 Å². The van der Waals surface area contributed by atoms with Gasteiger partial charge in [-0.15, -0.1) is 0 Å². The molecule has 106 valence electrons. The molecule has 2 aromatic heterocycles. The van der Waals surface area contributed by atoms with Crippen molar-refractivity contribution >= 4 is 46.4 Å². The molecule has 0 unspecified atom stereocenters. The van der Waals surface area contributed by atoms with Gasteiger partial charge in [0.1, 0.15) is 12.7 Å². The van der Waals surface area contributed by atoms with Crippen LogP contribution in [0.15, 0.2) is 30.9 Å². The standard InChI is InChI=1S/C11H6Cl3N7/c12-7-2-1-6(3-8(7)13)17-10-18-9(14)19-11(20-10)21-5-15-4-16-21/h1-5H,(H,17,18,19,20). The molecule has 0 radical (unpaired) electrons. The number of aromatic nitrogens is 6. The average molecular weight is 343 g/mol. The lowest BCUT2D eigenvalue weighted by molar-refractivity contribution is 0.796. The van der Waals surface area contributed by atoms with Gasteiger partial charge in [-0.25, -0.2) is 4.98 Å². The van der Waals surface area contributed by atoms with Crippen LogP contribution in [0.3, 0.4) is 0 Å². The molecule has 0 aliphatic heterocycles. The quantitative estimate of drug-likeness (QED) is 0.787.